The Bertz CT molecular complexity index is 575. The highest BCUT2D eigenvalue weighted by molar-refractivity contribution is 6.30. The standard InChI is InChI=1S/C15H16ClN3O2/c16-12-6-4-11(5-7-12)14(20)10-19-15(21)18-9-13-3-1-2-8-17-13/h1-8,14,20H,9-10H2,(H2,18,19,21). The summed E-state index contributed by atoms with van der Waals surface area (Å²) in [5.41, 5.74) is 1.47. The van der Waals surface area contributed by atoms with E-state index in [9.17, 15) is 9.90 Å². The topological polar surface area (TPSA) is 74.2 Å². The van der Waals surface area contributed by atoms with Crippen molar-refractivity contribution >= 4 is 17.6 Å². The molecule has 0 aliphatic rings. The third kappa shape index (κ3) is 5.06. The second kappa shape index (κ2) is 7.61. The number of carbonyl (C=O) groups is 1. The number of benzene rings is 1. The summed E-state index contributed by atoms with van der Waals surface area (Å²) in [4.78, 5) is 15.7. The molecule has 0 bridgehead atoms. The number of pyridine rings is 1. The fraction of sp³-hybridized carbons (Fsp3) is 0.200. The maximum Gasteiger partial charge on any atom is 0.315 e. The van der Waals surface area contributed by atoms with E-state index >= 15 is 0 Å². The number of hydrogen-bond donors (Lipinski definition) is 3. The molecule has 1 atom stereocenters. The minimum absolute atomic E-state index is 0.121. The number of amides is 2. The molecule has 3 N–H and O–H groups in total. The number of aliphatic hydroxyl groups is 1. The first-order valence-corrected chi connectivity index (χ1v) is 6.88. The lowest BCUT2D eigenvalue weighted by atomic mass is 10.1. The number of urea groups is 1. The molecule has 6 heteroatoms. The van der Waals surface area contributed by atoms with Crippen LogP contribution in [0.5, 0.6) is 0 Å². The van der Waals surface area contributed by atoms with Gasteiger partial charge in [0.25, 0.3) is 0 Å². The Balaban J connectivity index is 1.74. The molecule has 2 aromatic rings. The van der Waals surface area contributed by atoms with E-state index in [1.54, 1.807) is 30.5 Å². The highest BCUT2D eigenvalue weighted by Crippen LogP contribution is 2.15. The van der Waals surface area contributed by atoms with Crippen LogP contribution in [0.15, 0.2) is 48.7 Å². The minimum Gasteiger partial charge on any atom is -0.387 e. The van der Waals surface area contributed by atoms with Crippen LogP contribution in [0.1, 0.15) is 17.4 Å². The van der Waals surface area contributed by atoms with Crippen molar-refractivity contribution in [3.63, 3.8) is 0 Å². The lowest BCUT2D eigenvalue weighted by Gasteiger charge is -2.13. The largest absolute Gasteiger partial charge is 0.387 e. The molecule has 1 aromatic heterocycles. The van der Waals surface area contributed by atoms with Gasteiger partial charge >= 0.3 is 6.03 Å². The van der Waals surface area contributed by atoms with Gasteiger partial charge in [0.15, 0.2) is 0 Å². The molecule has 5 nitrogen and oxygen atoms in total. The molecule has 0 saturated carbocycles. The minimum atomic E-state index is -0.775. The average Bonchev–Trinajstić information content (AvgIpc) is 2.52. The highest BCUT2D eigenvalue weighted by Gasteiger charge is 2.09. The third-order valence-corrected chi connectivity index (χ3v) is 3.12. The maximum atomic E-state index is 11.6. The number of rotatable bonds is 5. The van der Waals surface area contributed by atoms with Crippen molar-refractivity contribution in [2.45, 2.75) is 12.6 Å². The number of nitrogens with zero attached hydrogens (tertiary/aromatic N) is 1. The number of aliphatic hydroxyl groups excluding tert-OH is 1. The van der Waals surface area contributed by atoms with Gasteiger partial charge in [-0.2, -0.15) is 0 Å². The van der Waals surface area contributed by atoms with Gasteiger partial charge in [-0.15, -0.1) is 0 Å². The van der Waals surface area contributed by atoms with Gasteiger partial charge in [0.2, 0.25) is 0 Å². The second-order valence-electron chi connectivity index (χ2n) is 4.45. The summed E-state index contributed by atoms with van der Waals surface area (Å²) in [7, 11) is 0. The van der Waals surface area contributed by atoms with Gasteiger partial charge < -0.3 is 15.7 Å². The van der Waals surface area contributed by atoms with E-state index in [0.717, 1.165) is 5.69 Å². The zero-order valence-corrected chi connectivity index (χ0v) is 12.0. The smallest absolute Gasteiger partial charge is 0.315 e. The number of nitrogens with one attached hydrogen (secondary N) is 2. The number of halogens is 1. The monoisotopic (exact) mass is 305 g/mol. The number of carbonyl (C=O) groups excluding carboxylic acids is 1. The molecule has 0 saturated heterocycles. The Kier molecular flexibility index (Phi) is 5.54. The number of aromatic nitrogens is 1. The van der Waals surface area contributed by atoms with Gasteiger partial charge in [-0.1, -0.05) is 29.8 Å². The van der Waals surface area contributed by atoms with Crippen molar-refractivity contribution in [3.05, 3.63) is 64.9 Å². The summed E-state index contributed by atoms with van der Waals surface area (Å²) in [6.45, 7) is 0.458. The average molecular weight is 306 g/mol. The molecule has 2 rings (SSSR count). The molecular weight excluding hydrogens is 290 g/mol. The van der Waals surface area contributed by atoms with Crippen molar-refractivity contribution in [2.75, 3.05) is 6.54 Å². The summed E-state index contributed by atoms with van der Waals surface area (Å²) in [5.74, 6) is 0. The van der Waals surface area contributed by atoms with E-state index in [0.29, 0.717) is 17.1 Å². The zero-order chi connectivity index (χ0) is 15.1. The van der Waals surface area contributed by atoms with Crippen LogP contribution in [0.3, 0.4) is 0 Å². The van der Waals surface area contributed by atoms with Crippen molar-refractivity contribution in [1.82, 2.24) is 15.6 Å². The normalized spacial score (nSPS) is 11.7. The summed E-state index contributed by atoms with van der Waals surface area (Å²) in [5, 5.41) is 15.8. The van der Waals surface area contributed by atoms with Crippen LogP contribution in [0.2, 0.25) is 5.02 Å². The van der Waals surface area contributed by atoms with Crippen LogP contribution in [-0.4, -0.2) is 22.7 Å². The summed E-state index contributed by atoms with van der Waals surface area (Å²) < 4.78 is 0. The predicted octanol–water partition coefficient (Wildman–Crippen LogP) is 2.27. The fourth-order valence-electron chi connectivity index (χ4n) is 1.73. The summed E-state index contributed by atoms with van der Waals surface area (Å²) >= 11 is 5.78. The van der Waals surface area contributed by atoms with Gasteiger partial charge in [-0.25, -0.2) is 4.79 Å². The fourth-order valence-corrected chi connectivity index (χ4v) is 1.85. The van der Waals surface area contributed by atoms with E-state index in [4.69, 9.17) is 11.6 Å². The van der Waals surface area contributed by atoms with E-state index < -0.39 is 6.10 Å². The van der Waals surface area contributed by atoms with Crippen molar-refractivity contribution < 1.29 is 9.90 Å². The van der Waals surface area contributed by atoms with Crippen LogP contribution in [0.4, 0.5) is 4.79 Å². The quantitative estimate of drug-likeness (QED) is 0.793. The molecule has 0 aliphatic heterocycles. The lowest BCUT2D eigenvalue weighted by Crippen LogP contribution is -2.37. The van der Waals surface area contributed by atoms with Crippen LogP contribution in [-0.2, 0) is 6.54 Å². The first-order chi connectivity index (χ1) is 10.1. The third-order valence-electron chi connectivity index (χ3n) is 2.87. The second-order valence-corrected chi connectivity index (χ2v) is 4.89. The molecule has 0 radical (unpaired) electrons. The van der Waals surface area contributed by atoms with Gasteiger partial charge in [0.1, 0.15) is 0 Å². The summed E-state index contributed by atoms with van der Waals surface area (Å²) in [6, 6.07) is 12.0. The van der Waals surface area contributed by atoms with Crippen molar-refractivity contribution in [1.29, 1.82) is 0 Å². The van der Waals surface area contributed by atoms with Crippen LogP contribution in [0.25, 0.3) is 0 Å². The first-order valence-electron chi connectivity index (χ1n) is 6.50. The Morgan fingerprint density at radius 1 is 1.19 bits per heavy atom. The predicted molar refractivity (Wildman–Crippen MR) is 80.9 cm³/mol. The molecule has 110 valence electrons. The van der Waals surface area contributed by atoms with Crippen LogP contribution >= 0.6 is 11.6 Å². The van der Waals surface area contributed by atoms with Gasteiger partial charge in [0, 0.05) is 17.8 Å². The first kappa shape index (κ1) is 15.3. The van der Waals surface area contributed by atoms with E-state index in [2.05, 4.69) is 15.6 Å². The lowest BCUT2D eigenvalue weighted by molar-refractivity contribution is 0.173. The molecular formula is C15H16ClN3O2. The Morgan fingerprint density at radius 3 is 2.62 bits per heavy atom. The zero-order valence-electron chi connectivity index (χ0n) is 11.3. The van der Waals surface area contributed by atoms with Gasteiger partial charge in [-0.05, 0) is 29.8 Å². The maximum absolute atomic E-state index is 11.6. The van der Waals surface area contributed by atoms with Crippen molar-refractivity contribution in [2.24, 2.45) is 0 Å². The molecule has 1 unspecified atom stereocenters. The molecule has 1 heterocycles. The van der Waals surface area contributed by atoms with Gasteiger partial charge in [0.05, 0.1) is 18.3 Å². The molecule has 0 fully saturated rings. The van der Waals surface area contributed by atoms with E-state index in [1.807, 2.05) is 18.2 Å². The van der Waals surface area contributed by atoms with E-state index in [1.165, 1.54) is 0 Å². The number of hydrogen-bond acceptors (Lipinski definition) is 3. The van der Waals surface area contributed by atoms with Crippen LogP contribution in [0, 0.1) is 0 Å². The highest BCUT2D eigenvalue weighted by atomic mass is 35.5. The molecule has 2 amide bonds. The van der Waals surface area contributed by atoms with Crippen molar-refractivity contribution in [3.8, 4) is 0 Å². The van der Waals surface area contributed by atoms with E-state index in [-0.39, 0.29) is 12.6 Å². The Morgan fingerprint density at radius 2 is 1.95 bits per heavy atom. The summed E-state index contributed by atoms with van der Waals surface area (Å²) in [6.07, 6.45) is 0.891. The SMILES string of the molecule is O=C(NCc1ccccn1)NCC(O)c1ccc(Cl)cc1. The molecule has 1 aromatic carbocycles. The Hall–Kier alpha value is -2.11. The molecule has 21 heavy (non-hydrogen) atoms. The molecule has 0 spiro atoms. The Labute approximate surface area is 128 Å². The van der Waals surface area contributed by atoms with Gasteiger partial charge in [-0.3, -0.25) is 4.98 Å². The van der Waals surface area contributed by atoms with Crippen LogP contribution < -0.4 is 10.6 Å². The molecule has 0 aliphatic carbocycles.